The van der Waals surface area contributed by atoms with Crippen molar-refractivity contribution < 1.29 is 4.74 Å². The van der Waals surface area contributed by atoms with E-state index in [-0.39, 0.29) is 0 Å². The van der Waals surface area contributed by atoms with Gasteiger partial charge < -0.3 is 15.4 Å². The third-order valence-corrected chi connectivity index (χ3v) is 5.68. The molecule has 6 heterocycles. The third kappa shape index (κ3) is 3.05. The highest BCUT2D eigenvalue weighted by atomic mass is 16.5. The standard InChI is InChI=1S/C21H22N10O/c1-29-19(7-17(28-29)15-5-4-12-8-22-30(2)20(12)25-15)26-18-6-16(24-13-10-32-11-13)14-9-23-31(3)21(14)27-18/h4-9,13H,10-11H2,1-3H3,(H2,24,26,27). The summed E-state index contributed by atoms with van der Waals surface area (Å²) in [7, 11) is 5.66. The molecule has 0 unspecified atom stereocenters. The molecule has 2 N–H and O–H groups in total. The van der Waals surface area contributed by atoms with Crippen LogP contribution in [-0.4, -0.2) is 58.6 Å². The Bertz CT molecular complexity index is 1460. The number of fused-ring (bicyclic) bond motifs is 2. The van der Waals surface area contributed by atoms with Gasteiger partial charge in [0.2, 0.25) is 0 Å². The normalized spacial score (nSPS) is 14.2. The van der Waals surface area contributed by atoms with E-state index < -0.39 is 0 Å². The van der Waals surface area contributed by atoms with Crippen LogP contribution in [0.15, 0.2) is 36.7 Å². The van der Waals surface area contributed by atoms with Gasteiger partial charge in [0.15, 0.2) is 11.3 Å². The molecule has 6 rings (SSSR count). The predicted octanol–water partition coefficient (Wildman–Crippen LogP) is 2.20. The number of aryl methyl sites for hydroxylation is 3. The molecule has 0 aromatic carbocycles. The second-order valence-electron chi connectivity index (χ2n) is 7.98. The molecule has 11 nitrogen and oxygen atoms in total. The molecule has 5 aromatic heterocycles. The average molecular weight is 430 g/mol. The van der Waals surface area contributed by atoms with Crippen molar-refractivity contribution in [1.82, 2.24) is 39.3 Å². The molecule has 0 aliphatic carbocycles. The van der Waals surface area contributed by atoms with E-state index in [1.165, 1.54) is 0 Å². The predicted molar refractivity (Wildman–Crippen MR) is 121 cm³/mol. The highest BCUT2D eigenvalue weighted by molar-refractivity contribution is 5.91. The van der Waals surface area contributed by atoms with Crippen molar-refractivity contribution in [2.45, 2.75) is 6.04 Å². The molecular formula is C21H22N10O. The molecule has 1 aliphatic rings. The lowest BCUT2D eigenvalue weighted by molar-refractivity contribution is 0.0211. The molecule has 1 aliphatic heterocycles. The molecule has 1 saturated heterocycles. The van der Waals surface area contributed by atoms with Crippen LogP contribution in [0.4, 0.5) is 17.3 Å². The van der Waals surface area contributed by atoms with Gasteiger partial charge in [0.25, 0.3) is 0 Å². The van der Waals surface area contributed by atoms with Crippen LogP contribution >= 0.6 is 0 Å². The van der Waals surface area contributed by atoms with Gasteiger partial charge in [0.1, 0.15) is 17.3 Å². The minimum atomic E-state index is 0.296. The van der Waals surface area contributed by atoms with Crippen LogP contribution in [0.25, 0.3) is 33.5 Å². The quantitative estimate of drug-likeness (QED) is 0.436. The monoisotopic (exact) mass is 430 g/mol. The van der Waals surface area contributed by atoms with Gasteiger partial charge in [-0.1, -0.05) is 0 Å². The lowest BCUT2D eigenvalue weighted by Gasteiger charge is -2.28. The van der Waals surface area contributed by atoms with E-state index in [1.54, 1.807) is 20.2 Å². The van der Waals surface area contributed by atoms with E-state index in [9.17, 15) is 0 Å². The summed E-state index contributed by atoms with van der Waals surface area (Å²) < 4.78 is 10.6. The summed E-state index contributed by atoms with van der Waals surface area (Å²) >= 11 is 0. The van der Waals surface area contributed by atoms with E-state index in [0.29, 0.717) is 25.1 Å². The summed E-state index contributed by atoms with van der Waals surface area (Å²) in [4.78, 5) is 9.48. The molecule has 1 fully saturated rings. The summed E-state index contributed by atoms with van der Waals surface area (Å²) in [5.74, 6) is 1.51. The zero-order chi connectivity index (χ0) is 21.8. The van der Waals surface area contributed by atoms with Crippen molar-refractivity contribution in [3.8, 4) is 11.4 Å². The minimum absolute atomic E-state index is 0.296. The van der Waals surface area contributed by atoms with Crippen LogP contribution in [0.2, 0.25) is 0 Å². The van der Waals surface area contributed by atoms with E-state index in [4.69, 9.17) is 14.7 Å². The van der Waals surface area contributed by atoms with E-state index in [2.05, 4.69) is 25.9 Å². The second kappa shape index (κ2) is 7.02. The first-order chi connectivity index (χ1) is 15.5. The van der Waals surface area contributed by atoms with Crippen molar-refractivity contribution >= 4 is 39.4 Å². The summed E-state index contributed by atoms with van der Waals surface area (Å²) in [6.07, 6.45) is 3.63. The van der Waals surface area contributed by atoms with Crippen molar-refractivity contribution in [1.29, 1.82) is 0 Å². The number of hydrogen-bond donors (Lipinski definition) is 2. The third-order valence-electron chi connectivity index (χ3n) is 5.68. The SMILES string of the molecule is Cn1nc(-c2ccc3cnn(C)c3n2)cc1Nc1cc(NC2COC2)c2cnn(C)c2n1. The van der Waals surface area contributed by atoms with Gasteiger partial charge >= 0.3 is 0 Å². The number of nitrogens with one attached hydrogen (secondary N) is 2. The number of pyridine rings is 2. The van der Waals surface area contributed by atoms with Gasteiger partial charge in [-0.05, 0) is 12.1 Å². The molecule has 0 saturated carbocycles. The molecule has 0 amide bonds. The lowest BCUT2D eigenvalue weighted by atomic mass is 10.2. The number of rotatable bonds is 5. The van der Waals surface area contributed by atoms with Crippen LogP contribution in [0.1, 0.15) is 0 Å². The Kier molecular flexibility index (Phi) is 4.12. The number of ether oxygens (including phenoxy) is 1. The van der Waals surface area contributed by atoms with Gasteiger partial charge in [0.05, 0.1) is 48.4 Å². The Morgan fingerprint density at radius 3 is 2.53 bits per heavy atom. The summed E-state index contributed by atoms with van der Waals surface area (Å²) in [6.45, 7) is 1.40. The van der Waals surface area contributed by atoms with Gasteiger partial charge in [-0.25, -0.2) is 9.97 Å². The Labute approximate surface area is 183 Å². The maximum absolute atomic E-state index is 5.30. The molecule has 0 bridgehead atoms. The maximum atomic E-state index is 5.30. The van der Waals surface area contributed by atoms with Crippen molar-refractivity contribution in [2.75, 3.05) is 23.8 Å². The average Bonchev–Trinajstić information content (AvgIpc) is 3.43. The lowest BCUT2D eigenvalue weighted by Crippen LogP contribution is -2.40. The summed E-state index contributed by atoms with van der Waals surface area (Å²) in [6, 6.07) is 8.22. The Balaban J connectivity index is 1.35. The zero-order valence-corrected chi connectivity index (χ0v) is 17.9. The van der Waals surface area contributed by atoms with Crippen molar-refractivity contribution in [3.63, 3.8) is 0 Å². The highest BCUT2D eigenvalue weighted by Gasteiger charge is 2.20. The number of anilines is 3. The first-order valence-corrected chi connectivity index (χ1v) is 10.3. The first-order valence-electron chi connectivity index (χ1n) is 10.3. The molecule has 0 atom stereocenters. The fraction of sp³-hybridized carbons (Fsp3) is 0.286. The van der Waals surface area contributed by atoms with Crippen LogP contribution in [0, 0.1) is 0 Å². The number of aromatic nitrogens is 8. The number of nitrogens with zero attached hydrogens (tertiary/aromatic N) is 8. The van der Waals surface area contributed by atoms with Gasteiger partial charge in [-0.15, -0.1) is 0 Å². The number of hydrogen-bond acceptors (Lipinski definition) is 8. The smallest absolute Gasteiger partial charge is 0.161 e. The maximum Gasteiger partial charge on any atom is 0.161 e. The van der Waals surface area contributed by atoms with Crippen molar-refractivity contribution in [2.24, 2.45) is 21.1 Å². The van der Waals surface area contributed by atoms with E-state index in [1.807, 2.05) is 51.6 Å². The van der Waals surface area contributed by atoms with Gasteiger partial charge in [-0.3, -0.25) is 14.0 Å². The van der Waals surface area contributed by atoms with Crippen LogP contribution in [0.5, 0.6) is 0 Å². The molecule has 32 heavy (non-hydrogen) atoms. The topological polar surface area (TPSA) is 113 Å². The van der Waals surface area contributed by atoms with Gasteiger partial charge in [0, 0.05) is 38.7 Å². The Hall–Kier alpha value is -3.99. The fourth-order valence-electron chi connectivity index (χ4n) is 3.84. The summed E-state index contributed by atoms with van der Waals surface area (Å²) in [5.41, 5.74) is 4.14. The Morgan fingerprint density at radius 2 is 1.72 bits per heavy atom. The van der Waals surface area contributed by atoms with Crippen molar-refractivity contribution in [3.05, 3.63) is 36.7 Å². The summed E-state index contributed by atoms with van der Waals surface area (Å²) in [5, 5.41) is 22.2. The van der Waals surface area contributed by atoms with E-state index in [0.717, 1.165) is 45.0 Å². The molecule has 0 spiro atoms. The van der Waals surface area contributed by atoms with Crippen LogP contribution < -0.4 is 10.6 Å². The van der Waals surface area contributed by atoms with E-state index >= 15 is 0 Å². The van der Waals surface area contributed by atoms with Crippen LogP contribution in [-0.2, 0) is 25.9 Å². The van der Waals surface area contributed by atoms with Gasteiger partial charge in [-0.2, -0.15) is 15.3 Å². The Morgan fingerprint density at radius 1 is 0.906 bits per heavy atom. The first kappa shape index (κ1) is 18.8. The highest BCUT2D eigenvalue weighted by Crippen LogP contribution is 2.29. The molecule has 0 radical (unpaired) electrons. The zero-order valence-electron chi connectivity index (χ0n) is 17.9. The molecule has 5 aromatic rings. The minimum Gasteiger partial charge on any atom is -0.377 e. The molecule has 11 heteroatoms. The molecular weight excluding hydrogens is 408 g/mol. The largest absolute Gasteiger partial charge is 0.377 e. The van der Waals surface area contributed by atoms with Crippen LogP contribution in [0.3, 0.4) is 0 Å². The second-order valence-corrected chi connectivity index (χ2v) is 7.98. The molecule has 162 valence electrons. The fourth-order valence-corrected chi connectivity index (χ4v) is 3.84.